The lowest BCUT2D eigenvalue weighted by Crippen LogP contribution is -2.27. The van der Waals surface area contributed by atoms with E-state index in [1.807, 2.05) is 24.0 Å². The first-order chi connectivity index (χ1) is 16.9. The summed E-state index contributed by atoms with van der Waals surface area (Å²) in [5.74, 6) is -0.528. The van der Waals surface area contributed by atoms with Crippen molar-refractivity contribution >= 4 is 34.8 Å². The van der Waals surface area contributed by atoms with Gasteiger partial charge >= 0.3 is 5.97 Å². The molecule has 0 saturated heterocycles. The molecule has 0 radical (unpaired) electrons. The van der Waals surface area contributed by atoms with Gasteiger partial charge in [-0.25, -0.2) is 4.79 Å². The number of esters is 1. The quantitative estimate of drug-likeness (QED) is 0.136. The highest BCUT2D eigenvalue weighted by atomic mass is 19.3. The fourth-order valence-electron chi connectivity index (χ4n) is 3.13. The van der Waals surface area contributed by atoms with E-state index in [4.69, 9.17) is 4.74 Å². The SMILES string of the molecule is CCN(CCOC(=O)c1ccc(C=C(F)F)cc1)c1ccc(N=Nc2ccc([N+](=O)[O-])cc2)cc1. The smallest absolute Gasteiger partial charge is 0.338 e. The average molecular weight is 480 g/mol. The summed E-state index contributed by atoms with van der Waals surface area (Å²) < 4.78 is 29.9. The minimum Gasteiger partial charge on any atom is -0.460 e. The molecule has 10 heteroatoms. The number of hydrogen-bond donors (Lipinski definition) is 0. The lowest BCUT2D eigenvalue weighted by molar-refractivity contribution is -0.384. The number of anilines is 1. The van der Waals surface area contributed by atoms with E-state index in [1.165, 1.54) is 48.5 Å². The summed E-state index contributed by atoms with van der Waals surface area (Å²) in [6.45, 7) is 3.26. The number of non-ortho nitro benzene ring substituents is 1. The summed E-state index contributed by atoms with van der Waals surface area (Å²) in [6.07, 6.45) is -1.09. The van der Waals surface area contributed by atoms with Crippen LogP contribution < -0.4 is 4.90 Å². The van der Waals surface area contributed by atoms with Crippen LogP contribution in [-0.2, 0) is 4.74 Å². The van der Waals surface area contributed by atoms with Crippen molar-refractivity contribution in [3.8, 4) is 0 Å². The van der Waals surface area contributed by atoms with Crippen LogP contribution in [0.3, 0.4) is 0 Å². The molecule has 0 amide bonds. The van der Waals surface area contributed by atoms with Gasteiger partial charge in [-0.05, 0) is 61.0 Å². The third-order valence-electron chi connectivity index (χ3n) is 4.95. The number of ether oxygens (including phenoxy) is 1. The van der Waals surface area contributed by atoms with Crippen molar-refractivity contribution in [2.75, 3.05) is 24.6 Å². The monoisotopic (exact) mass is 480 g/mol. The molecule has 0 unspecified atom stereocenters. The Morgan fingerprint density at radius 2 is 1.54 bits per heavy atom. The topological polar surface area (TPSA) is 97.4 Å². The van der Waals surface area contributed by atoms with Crippen molar-refractivity contribution in [1.29, 1.82) is 0 Å². The molecule has 0 N–H and O–H groups in total. The van der Waals surface area contributed by atoms with Gasteiger partial charge in [0, 0.05) is 30.4 Å². The number of nitro benzene ring substituents is 1. The number of nitrogens with zero attached hydrogens (tertiary/aromatic N) is 4. The Bertz CT molecular complexity index is 1210. The molecular formula is C25H22F2N4O4. The molecule has 0 aliphatic heterocycles. The molecule has 0 aromatic heterocycles. The Labute approximate surface area is 200 Å². The Hall–Kier alpha value is -4.47. The van der Waals surface area contributed by atoms with Crippen molar-refractivity contribution in [2.24, 2.45) is 10.2 Å². The first kappa shape index (κ1) is 25.2. The lowest BCUT2D eigenvalue weighted by Gasteiger charge is -2.23. The molecule has 3 aromatic carbocycles. The number of nitro groups is 1. The predicted molar refractivity (Wildman–Crippen MR) is 129 cm³/mol. The highest BCUT2D eigenvalue weighted by Gasteiger charge is 2.10. The van der Waals surface area contributed by atoms with Crippen LogP contribution in [0.1, 0.15) is 22.8 Å². The number of rotatable bonds is 10. The van der Waals surface area contributed by atoms with Crippen LogP contribution in [-0.4, -0.2) is 30.6 Å². The Morgan fingerprint density at radius 1 is 0.971 bits per heavy atom. The van der Waals surface area contributed by atoms with Crippen molar-refractivity contribution in [3.63, 3.8) is 0 Å². The summed E-state index contributed by atoms with van der Waals surface area (Å²) in [5.41, 5.74) is 2.58. The van der Waals surface area contributed by atoms with Crippen molar-refractivity contribution in [2.45, 2.75) is 6.92 Å². The number of hydrogen-bond acceptors (Lipinski definition) is 7. The van der Waals surface area contributed by atoms with E-state index in [1.54, 1.807) is 12.1 Å². The molecule has 3 rings (SSSR count). The number of carbonyl (C=O) groups is 1. The second-order valence-corrected chi connectivity index (χ2v) is 7.26. The summed E-state index contributed by atoms with van der Waals surface area (Å²) in [6, 6.07) is 18.8. The van der Waals surface area contributed by atoms with Gasteiger partial charge in [0.2, 0.25) is 0 Å². The van der Waals surface area contributed by atoms with Gasteiger partial charge in [0.1, 0.15) is 6.61 Å². The zero-order valence-electron chi connectivity index (χ0n) is 18.8. The Kier molecular flexibility index (Phi) is 8.71. The fourth-order valence-corrected chi connectivity index (χ4v) is 3.13. The van der Waals surface area contributed by atoms with Gasteiger partial charge in [-0.2, -0.15) is 19.0 Å². The van der Waals surface area contributed by atoms with Crippen LogP contribution in [0.15, 0.2) is 89.1 Å². The van der Waals surface area contributed by atoms with Gasteiger partial charge in [-0.3, -0.25) is 10.1 Å². The van der Waals surface area contributed by atoms with Gasteiger partial charge < -0.3 is 9.64 Å². The first-order valence-corrected chi connectivity index (χ1v) is 10.7. The molecule has 0 aliphatic rings. The summed E-state index contributed by atoms with van der Waals surface area (Å²) in [5, 5.41) is 18.9. The maximum absolute atomic E-state index is 12.3. The number of carbonyl (C=O) groups excluding carboxylic acids is 1. The highest BCUT2D eigenvalue weighted by Crippen LogP contribution is 2.23. The molecule has 0 fully saturated rings. The number of likely N-dealkylation sites (N-methyl/N-ethyl adjacent to an activating group) is 1. The first-order valence-electron chi connectivity index (χ1n) is 10.7. The minimum atomic E-state index is -1.81. The molecule has 0 heterocycles. The third-order valence-corrected chi connectivity index (χ3v) is 4.95. The molecule has 0 atom stereocenters. The molecule has 0 bridgehead atoms. The Morgan fingerprint density at radius 3 is 2.06 bits per heavy atom. The van der Waals surface area contributed by atoms with Crippen LogP contribution in [0, 0.1) is 10.1 Å². The zero-order valence-corrected chi connectivity index (χ0v) is 18.8. The summed E-state index contributed by atoms with van der Waals surface area (Å²) >= 11 is 0. The maximum Gasteiger partial charge on any atom is 0.338 e. The average Bonchev–Trinajstić information content (AvgIpc) is 2.86. The second-order valence-electron chi connectivity index (χ2n) is 7.26. The molecule has 180 valence electrons. The van der Waals surface area contributed by atoms with Crippen molar-refractivity contribution in [3.05, 3.63) is 100 Å². The molecule has 0 aliphatic carbocycles. The lowest BCUT2D eigenvalue weighted by atomic mass is 10.1. The van der Waals surface area contributed by atoms with Crippen LogP contribution in [0.5, 0.6) is 0 Å². The van der Waals surface area contributed by atoms with E-state index in [0.29, 0.717) is 30.0 Å². The largest absolute Gasteiger partial charge is 0.460 e. The second kappa shape index (κ2) is 12.1. The third kappa shape index (κ3) is 7.53. The van der Waals surface area contributed by atoms with Gasteiger partial charge in [0.05, 0.1) is 28.4 Å². The molecule has 0 spiro atoms. The van der Waals surface area contributed by atoms with Crippen LogP contribution in [0.25, 0.3) is 6.08 Å². The van der Waals surface area contributed by atoms with Gasteiger partial charge in [-0.1, -0.05) is 12.1 Å². The van der Waals surface area contributed by atoms with E-state index in [9.17, 15) is 23.7 Å². The maximum atomic E-state index is 12.3. The number of azo groups is 1. The molecule has 0 saturated carbocycles. The van der Waals surface area contributed by atoms with Gasteiger partial charge in [-0.15, -0.1) is 0 Å². The van der Waals surface area contributed by atoms with E-state index >= 15 is 0 Å². The van der Waals surface area contributed by atoms with Crippen LogP contribution in [0.2, 0.25) is 0 Å². The zero-order chi connectivity index (χ0) is 25.2. The van der Waals surface area contributed by atoms with E-state index in [0.717, 1.165) is 11.8 Å². The molecule has 35 heavy (non-hydrogen) atoms. The highest BCUT2D eigenvalue weighted by molar-refractivity contribution is 5.89. The van der Waals surface area contributed by atoms with Crippen LogP contribution >= 0.6 is 0 Å². The van der Waals surface area contributed by atoms with Crippen molar-refractivity contribution < 1.29 is 23.2 Å². The van der Waals surface area contributed by atoms with Crippen LogP contribution in [0.4, 0.5) is 31.5 Å². The fraction of sp³-hybridized carbons (Fsp3) is 0.160. The number of benzene rings is 3. The Balaban J connectivity index is 1.52. The summed E-state index contributed by atoms with van der Waals surface area (Å²) in [7, 11) is 0. The van der Waals surface area contributed by atoms with Gasteiger partial charge in [0.15, 0.2) is 0 Å². The molecule has 8 nitrogen and oxygen atoms in total. The molecule has 3 aromatic rings. The normalized spacial score (nSPS) is 10.7. The molecular weight excluding hydrogens is 458 g/mol. The van der Waals surface area contributed by atoms with E-state index < -0.39 is 17.0 Å². The summed E-state index contributed by atoms with van der Waals surface area (Å²) in [4.78, 5) is 24.5. The van der Waals surface area contributed by atoms with Gasteiger partial charge in [0.25, 0.3) is 11.8 Å². The predicted octanol–water partition coefficient (Wildman–Crippen LogP) is 6.93. The van der Waals surface area contributed by atoms with E-state index in [-0.39, 0.29) is 17.9 Å². The van der Waals surface area contributed by atoms with E-state index in [2.05, 4.69) is 10.2 Å². The van der Waals surface area contributed by atoms with Crippen molar-refractivity contribution in [1.82, 2.24) is 0 Å². The number of halogens is 2. The minimum absolute atomic E-state index is 0.0146. The standard InChI is InChI=1S/C25H22F2N4O4/c1-2-30(15-16-35-25(32)19-5-3-18(4-6-19)17-24(26)27)22-11-7-20(8-12-22)28-29-21-9-13-23(14-10-21)31(33)34/h3-14,17H,2,15-16H2,1H3.